The number of aliphatic imine (C=N–C) groups is 1. The average Bonchev–Trinajstić information content (AvgIpc) is 3.00. The molecule has 28 heavy (non-hydrogen) atoms. The van der Waals surface area contributed by atoms with Crippen LogP contribution in [0.2, 0.25) is 0 Å². The van der Waals surface area contributed by atoms with Gasteiger partial charge in [-0.05, 0) is 37.5 Å². The van der Waals surface area contributed by atoms with Crippen LogP contribution in [0.15, 0.2) is 53.5 Å². The summed E-state index contributed by atoms with van der Waals surface area (Å²) < 4.78 is 2.11. The van der Waals surface area contributed by atoms with Crippen molar-refractivity contribution in [2.45, 2.75) is 33.2 Å². The molecule has 0 aliphatic heterocycles. The number of para-hydroxylation sites is 2. The minimum absolute atomic E-state index is 0. The van der Waals surface area contributed by atoms with Gasteiger partial charge < -0.3 is 15.2 Å². The van der Waals surface area contributed by atoms with Crippen LogP contribution in [0.5, 0.6) is 0 Å². The Hall–Kier alpha value is -2.09. The van der Waals surface area contributed by atoms with E-state index in [1.807, 2.05) is 25.2 Å². The Morgan fingerprint density at radius 3 is 2.64 bits per heavy atom. The first-order valence-electron chi connectivity index (χ1n) is 9.57. The van der Waals surface area contributed by atoms with Gasteiger partial charge in [0.25, 0.3) is 0 Å². The highest BCUT2D eigenvalue weighted by atomic mass is 127. The number of guanidine groups is 1. The van der Waals surface area contributed by atoms with E-state index in [9.17, 15) is 0 Å². The van der Waals surface area contributed by atoms with Gasteiger partial charge >= 0.3 is 0 Å². The van der Waals surface area contributed by atoms with Crippen molar-refractivity contribution >= 4 is 41.0 Å². The monoisotopic (exact) mass is 491 g/mol. The molecule has 1 heterocycles. The van der Waals surface area contributed by atoms with Crippen LogP contribution in [-0.2, 0) is 13.6 Å². The summed E-state index contributed by atoms with van der Waals surface area (Å²) in [6.45, 7) is 8.64. The Morgan fingerprint density at radius 1 is 1.14 bits per heavy atom. The molecule has 0 saturated carbocycles. The first kappa shape index (κ1) is 22.2. The first-order chi connectivity index (χ1) is 13.1. The van der Waals surface area contributed by atoms with E-state index in [1.54, 1.807) is 0 Å². The fraction of sp³-hybridized carbons (Fsp3) is 0.364. The highest BCUT2D eigenvalue weighted by molar-refractivity contribution is 14.0. The fourth-order valence-electron chi connectivity index (χ4n) is 3.17. The lowest BCUT2D eigenvalue weighted by molar-refractivity contribution is 0.696. The molecular weight excluding hydrogens is 461 g/mol. The molecule has 1 aromatic heterocycles. The quantitative estimate of drug-likeness (QED) is 0.306. The van der Waals surface area contributed by atoms with E-state index in [0.717, 1.165) is 35.9 Å². The molecule has 150 valence electrons. The van der Waals surface area contributed by atoms with Gasteiger partial charge in [-0.2, -0.15) is 0 Å². The van der Waals surface area contributed by atoms with Crippen LogP contribution < -0.4 is 10.6 Å². The summed E-state index contributed by atoms with van der Waals surface area (Å²) in [4.78, 5) is 9.43. The van der Waals surface area contributed by atoms with E-state index >= 15 is 0 Å². The summed E-state index contributed by atoms with van der Waals surface area (Å²) in [5.41, 5.74) is 4.78. The molecule has 2 N–H and O–H groups in total. The van der Waals surface area contributed by atoms with E-state index < -0.39 is 0 Å². The molecule has 6 heteroatoms. The number of hydrogen-bond donors (Lipinski definition) is 2. The molecule has 0 bridgehead atoms. The summed E-state index contributed by atoms with van der Waals surface area (Å²) in [5, 5.41) is 6.79. The maximum absolute atomic E-state index is 4.73. The van der Waals surface area contributed by atoms with Gasteiger partial charge in [0.2, 0.25) is 0 Å². The van der Waals surface area contributed by atoms with Gasteiger partial charge in [-0.1, -0.05) is 48.9 Å². The molecule has 0 aliphatic rings. The molecule has 1 unspecified atom stereocenters. The minimum atomic E-state index is 0. The van der Waals surface area contributed by atoms with E-state index in [4.69, 9.17) is 9.98 Å². The summed E-state index contributed by atoms with van der Waals surface area (Å²) in [6, 6.07) is 16.9. The number of aryl methyl sites for hydroxylation is 2. The molecule has 0 fully saturated rings. The van der Waals surface area contributed by atoms with Gasteiger partial charge in [-0.25, -0.2) is 9.98 Å². The lowest BCUT2D eigenvalue weighted by atomic mass is 9.99. The Bertz CT molecular complexity index is 932. The molecular formula is C22H30IN5. The van der Waals surface area contributed by atoms with E-state index in [-0.39, 0.29) is 24.0 Å². The molecule has 2 aromatic carbocycles. The maximum Gasteiger partial charge on any atom is 0.191 e. The third-order valence-electron chi connectivity index (χ3n) is 4.79. The zero-order valence-electron chi connectivity index (χ0n) is 17.1. The van der Waals surface area contributed by atoms with Crippen LogP contribution in [0.1, 0.15) is 36.7 Å². The van der Waals surface area contributed by atoms with Crippen molar-refractivity contribution < 1.29 is 0 Å². The minimum Gasteiger partial charge on any atom is -0.357 e. The number of imidazole rings is 1. The molecule has 3 aromatic rings. The first-order valence-corrected chi connectivity index (χ1v) is 9.57. The van der Waals surface area contributed by atoms with Crippen LogP contribution in [0.4, 0.5) is 0 Å². The number of rotatable bonds is 6. The number of nitrogens with zero attached hydrogens (tertiary/aromatic N) is 3. The number of aromatic nitrogens is 2. The Labute approximate surface area is 184 Å². The second kappa shape index (κ2) is 10.5. The molecule has 0 aliphatic carbocycles. The molecule has 0 spiro atoms. The van der Waals surface area contributed by atoms with Crippen molar-refractivity contribution in [1.82, 2.24) is 20.2 Å². The van der Waals surface area contributed by atoms with Crippen molar-refractivity contribution in [3.8, 4) is 0 Å². The van der Waals surface area contributed by atoms with Crippen LogP contribution >= 0.6 is 24.0 Å². The van der Waals surface area contributed by atoms with E-state index in [0.29, 0.717) is 12.5 Å². The van der Waals surface area contributed by atoms with Crippen molar-refractivity contribution in [3.05, 3.63) is 65.5 Å². The summed E-state index contributed by atoms with van der Waals surface area (Å²) in [5.74, 6) is 2.19. The molecule has 0 saturated heterocycles. The van der Waals surface area contributed by atoms with Gasteiger partial charge in [0.1, 0.15) is 12.4 Å². The van der Waals surface area contributed by atoms with Crippen molar-refractivity contribution in [2.24, 2.45) is 12.0 Å². The maximum atomic E-state index is 4.73. The standard InChI is InChI=1S/C22H29N5.HI/c1-5-23-22(24-14-17(3)18-10-8-9-16(2)13-18)25-15-21-26-19-11-6-7-12-20(19)27(21)4;/h6-13,17H,5,14-15H2,1-4H3,(H2,23,24,25);1H. The predicted molar refractivity (Wildman–Crippen MR) is 129 cm³/mol. The zero-order chi connectivity index (χ0) is 19.2. The van der Waals surface area contributed by atoms with E-state index in [1.165, 1.54) is 11.1 Å². The second-order valence-electron chi connectivity index (χ2n) is 6.97. The topological polar surface area (TPSA) is 54.2 Å². The van der Waals surface area contributed by atoms with Crippen LogP contribution in [0.3, 0.4) is 0 Å². The lowest BCUT2D eigenvalue weighted by Gasteiger charge is -2.16. The number of benzene rings is 2. The van der Waals surface area contributed by atoms with Crippen LogP contribution in [0.25, 0.3) is 11.0 Å². The summed E-state index contributed by atoms with van der Waals surface area (Å²) >= 11 is 0. The average molecular weight is 491 g/mol. The van der Waals surface area contributed by atoms with Crippen LogP contribution in [0, 0.1) is 6.92 Å². The van der Waals surface area contributed by atoms with Gasteiger partial charge in [-0.15, -0.1) is 24.0 Å². The zero-order valence-corrected chi connectivity index (χ0v) is 19.4. The van der Waals surface area contributed by atoms with Gasteiger partial charge in [-0.3, -0.25) is 0 Å². The summed E-state index contributed by atoms with van der Waals surface area (Å²) in [6.07, 6.45) is 0. The smallest absolute Gasteiger partial charge is 0.191 e. The number of nitrogens with one attached hydrogen (secondary N) is 2. The lowest BCUT2D eigenvalue weighted by Crippen LogP contribution is -2.39. The van der Waals surface area contributed by atoms with Gasteiger partial charge in [0.05, 0.1) is 11.0 Å². The highest BCUT2D eigenvalue weighted by Gasteiger charge is 2.09. The largest absolute Gasteiger partial charge is 0.357 e. The van der Waals surface area contributed by atoms with Crippen LogP contribution in [-0.4, -0.2) is 28.6 Å². The Morgan fingerprint density at radius 2 is 1.93 bits per heavy atom. The van der Waals surface area contributed by atoms with Crippen molar-refractivity contribution in [2.75, 3.05) is 13.1 Å². The third-order valence-corrected chi connectivity index (χ3v) is 4.79. The van der Waals surface area contributed by atoms with Gasteiger partial charge in [0.15, 0.2) is 5.96 Å². The van der Waals surface area contributed by atoms with Crippen molar-refractivity contribution in [3.63, 3.8) is 0 Å². The summed E-state index contributed by atoms with van der Waals surface area (Å²) in [7, 11) is 2.04. The normalized spacial score (nSPS) is 12.5. The molecule has 3 rings (SSSR count). The highest BCUT2D eigenvalue weighted by Crippen LogP contribution is 2.16. The number of hydrogen-bond acceptors (Lipinski definition) is 2. The fourth-order valence-corrected chi connectivity index (χ4v) is 3.17. The number of halogens is 1. The van der Waals surface area contributed by atoms with Gasteiger partial charge in [0, 0.05) is 20.1 Å². The molecule has 5 nitrogen and oxygen atoms in total. The Balaban J connectivity index is 0.00000280. The molecule has 0 amide bonds. The number of fused-ring (bicyclic) bond motifs is 1. The third kappa shape index (κ3) is 5.47. The Kier molecular flexibility index (Phi) is 8.29. The SMILES string of the molecule is CCNC(=NCc1nc2ccccc2n1C)NCC(C)c1cccc(C)c1.I. The molecule has 1 atom stereocenters. The predicted octanol–water partition coefficient (Wildman–Crippen LogP) is 4.36. The second-order valence-corrected chi connectivity index (χ2v) is 6.97. The molecule has 0 radical (unpaired) electrons. The van der Waals surface area contributed by atoms with Crippen molar-refractivity contribution in [1.29, 1.82) is 0 Å². The van der Waals surface area contributed by atoms with E-state index in [2.05, 4.69) is 66.3 Å².